The van der Waals surface area contributed by atoms with E-state index < -0.39 is 11.7 Å². The highest BCUT2D eigenvalue weighted by Crippen LogP contribution is 2.23. The summed E-state index contributed by atoms with van der Waals surface area (Å²) in [4.78, 5) is 24.7. The van der Waals surface area contributed by atoms with Gasteiger partial charge >= 0.3 is 0 Å². The van der Waals surface area contributed by atoms with Crippen LogP contribution in [0.1, 0.15) is 20.7 Å². The summed E-state index contributed by atoms with van der Waals surface area (Å²) in [6, 6.07) is 16.3. The first-order chi connectivity index (χ1) is 14.6. The monoisotopic (exact) mass is 403 g/mol. The number of nitrogens with one attached hydrogen (secondary N) is 2. The molecule has 150 valence electrons. The maximum absolute atomic E-state index is 14.4. The lowest BCUT2D eigenvalue weighted by atomic mass is 10.2. The summed E-state index contributed by atoms with van der Waals surface area (Å²) < 4.78 is 17.5. The van der Waals surface area contributed by atoms with E-state index in [0.29, 0.717) is 17.1 Å². The van der Waals surface area contributed by atoms with Crippen molar-refractivity contribution in [2.75, 3.05) is 12.4 Å². The fraction of sp³-hybridized carbons (Fsp3) is 0.0455. The first-order valence-corrected chi connectivity index (χ1v) is 9.18. The third-order valence-electron chi connectivity index (χ3n) is 4.55. The average Bonchev–Trinajstić information content (AvgIpc) is 3.43. The molecule has 0 saturated carbocycles. The van der Waals surface area contributed by atoms with Crippen molar-refractivity contribution in [3.8, 4) is 11.5 Å². The Hall–Kier alpha value is -4.20. The largest absolute Gasteiger partial charge is 0.355 e. The summed E-state index contributed by atoms with van der Waals surface area (Å²) in [5.74, 6) is -0.668. The number of hydrogen-bond acceptors (Lipinski definition) is 3. The number of aromatic nitrogens is 3. The molecule has 8 heteroatoms. The highest BCUT2D eigenvalue weighted by atomic mass is 19.1. The van der Waals surface area contributed by atoms with Crippen molar-refractivity contribution < 1.29 is 14.0 Å². The van der Waals surface area contributed by atoms with Gasteiger partial charge in [0.25, 0.3) is 11.8 Å². The number of nitrogens with zero attached hydrogens (tertiary/aromatic N) is 3. The minimum absolute atomic E-state index is 0.214. The third kappa shape index (κ3) is 3.58. The number of halogens is 1. The molecule has 4 aromatic rings. The van der Waals surface area contributed by atoms with E-state index in [9.17, 15) is 14.0 Å². The summed E-state index contributed by atoms with van der Waals surface area (Å²) >= 11 is 0. The average molecular weight is 403 g/mol. The smallest absolute Gasteiger partial charge is 0.261 e. The standard InChI is InChI=1S/C22H18FN5O2/c1-24-20(29)15-8-10-16(11-9-15)26-21(30)17-14-25-28(19-7-3-2-6-18(19)23)22(17)27-12-4-5-13-27/h2-14H,1H3,(H,24,29)(H,26,30). The normalized spacial score (nSPS) is 10.6. The zero-order chi connectivity index (χ0) is 21.1. The highest BCUT2D eigenvalue weighted by molar-refractivity contribution is 6.06. The van der Waals surface area contributed by atoms with Crippen LogP contribution in [-0.2, 0) is 0 Å². The van der Waals surface area contributed by atoms with Crippen LogP contribution in [0.15, 0.2) is 79.3 Å². The molecular formula is C22H18FN5O2. The topological polar surface area (TPSA) is 81.0 Å². The van der Waals surface area contributed by atoms with Crippen LogP contribution in [0.4, 0.5) is 10.1 Å². The number of benzene rings is 2. The highest BCUT2D eigenvalue weighted by Gasteiger charge is 2.21. The molecule has 0 aliphatic carbocycles. The zero-order valence-electron chi connectivity index (χ0n) is 16.0. The second kappa shape index (κ2) is 8.04. The number of anilines is 1. The minimum Gasteiger partial charge on any atom is -0.355 e. The Morgan fingerprint density at radius 3 is 2.30 bits per heavy atom. The van der Waals surface area contributed by atoms with Gasteiger partial charge in [-0.25, -0.2) is 9.07 Å². The molecule has 2 N–H and O–H groups in total. The molecule has 0 spiro atoms. The Morgan fingerprint density at radius 2 is 1.63 bits per heavy atom. The van der Waals surface area contributed by atoms with Crippen LogP contribution in [-0.4, -0.2) is 33.2 Å². The van der Waals surface area contributed by atoms with Crippen molar-refractivity contribution in [1.82, 2.24) is 19.7 Å². The number of hydrogen-bond donors (Lipinski definition) is 2. The molecule has 2 amide bonds. The van der Waals surface area contributed by atoms with E-state index in [1.54, 1.807) is 78.6 Å². The minimum atomic E-state index is -0.453. The van der Waals surface area contributed by atoms with Crippen LogP contribution in [0.5, 0.6) is 0 Å². The summed E-state index contributed by atoms with van der Waals surface area (Å²) in [5, 5.41) is 9.59. The van der Waals surface area contributed by atoms with Gasteiger partial charge in [0, 0.05) is 30.7 Å². The molecule has 0 atom stereocenters. The lowest BCUT2D eigenvalue weighted by Gasteiger charge is -2.12. The first-order valence-electron chi connectivity index (χ1n) is 9.18. The van der Waals surface area contributed by atoms with Gasteiger partial charge in [0.05, 0.1) is 6.20 Å². The van der Waals surface area contributed by atoms with Crippen molar-refractivity contribution >= 4 is 17.5 Å². The maximum atomic E-state index is 14.4. The Kier molecular flexibility index (Phi) is 5.13. The summed E-state index contributed by atoms with van der Waals surface area (Å²) in [5.41, 5.74) is 1.50. The van der Waals surface area contributed by atoms with Crippen LogP contribution in [0.2, 0.25) is 0 Å². The SMILES string of the molecule is CNC(=O)c1ccc(NC(=O)c2cnn(-c3ccccc3F)c2-n2cccc2)cc1. The molecule has 0 aliphatic heterocycles. The van der Waals surface area contributed by atoms with Gasteiger partial charge in [-0.15, -0.1) is 0 Å². The molecule has 0 unspecified atom stereocenters. The predicted octanol–water partition coefficient (Wildman–Crippen LogP) is 3.41. The molecule has 0 saturated heterocycles. The Bertz CT molecular complexity index is 1200. The van der Waals surface area contributed by atoms with Gasteiger partial charge in [0.15, 0.2) is 5.82 Å². The van der Waals surface area contributed by atoms with Gasteiger partial charge < -0.3 is 15.2 Å². The number of carbonyl (C=O) groups is 2. The molecule has 0 aliphatic rings. The van der Waals surface area contributed by atoms with E-state index in [2.05, 4.69) is 15.7 Å². The van der Waals surface area contributed by atoms with Gasteiger partial charge in [-0.1, -0.05) is 12.1 Å². The molecule has 7 nitrogen and oxygen atoms in total. The molecule has 30 heavy (non-hydrogen) atoms. The molecule has 0 fully saturated rings. The third-order valence-corrected chi connectivity index (χ3v) is 4.55. The molecule has 4 rings (SSSR count). The van der Waals surface area contributed by atoms with Crippen LogP contribution in [0.25, 0.3) is 11.5 Å². The van der Waals surface area contributed by atoms with E-state index in [0.717, 1.165) is 0 Å². The predicted molar refractivity (Wildman–Crippen MR) is 111 cm³/mol. The van der Waals surface area contributed by atoms with Gasteiger partial charge in [-0.05, 0) is 48.5 Å². The Labute approximate surface area is 171 Å². The molecule has 2 aromatic heterocycles. The Morgan fingerprint density at radius 1 is 0.933 bits per heavy atom. The zero-order valence-corrected chi connectivity index (χ0v) is 16.0. The molecule has 0 radical (unpaired) electrons. The van der Waals surface area contributed by atoms with Crippen LogP contribution < -0.4 is 10.6 Å². The number of amides is 2. The maximum Gasteiger partial charge on any atom is 0.261 e. The van der Waals surface area contributed by atoms with Gasteiger partial charge in [-0.2, -0.15) is 5.10 Å². The molecule has 2 heterocycles. The Balaban J connectivity index is 1.70. The summed E-state index contributed by atoms with van der Waals surface area (Å²) in [6.45, 7) is 0. The van der Waals surface area contributed by atoms with E-state index in [4.69, 9.17) is 0 Å². The molecule has 2 aromatic carbocycles. The quantitative estimate of drug-likeness (QED) is 0.536. The van der Waals surface area contributed by atoms with E-state index in [1.165, 1.54) is 16.9 Å². The summed E-state index contributed by atoms with van der Waals surface area (Å²) in [6.07, 6.45) is 4.91. The van der Waals surface area contributed by atoms with Crippen molar-refractivity contribution in [3.05, 3.63) is 96.2 Å². The second-order valence-corrected chi connectivity index (χ2v) is 6.45. The fourth-order valence-corrected chi connectivity index (χ4v) is 3.07. The second-order valence-electron chi connectivity index (χ2n) is 6.45. The van der Waals surface area contributed by atoms with Gasteiger partial charge in [-0.3, -0.25) is 9.59 Å². The number of para-hydroxylation sites is 1. The lowest BCUT2D eigenvalue weighted by molar-refractivity contribution is 0.0962. The number of carbonyl (C=O) groups excluding carboxylic acids is 2. The molecule has 0 bridgehead atoms. The first kappa shape index (κ1) is 19.1. The van der Waals surface area contributed by atoms with Crippen molar-refractivity contribution in [1.29, 1.82) is 0 Å². The number of rotatable bonds is 5. The van der Waals surface area contributed by atoms with Crippen molar-refractivity contribution in [2.24, 2.45) is 0 Å². The van der Waals surface area contributed by atoms with E-state index in [1.807, 2.05) is 0 Å². The van der Waals surface area contributed by atoms with Crippen molar-refractivity contribution in [2.45, 2.75) is 0 Å². The van der Waals surface area contributed by atoms with E-state index in [-0.39, 0.29) is 17.2 Å². The van der Waals surface area contributed by atoms with Crippen LogP contribution >= 0.6 is 0 Å². The fourth-order valence-electron chi connectivity index (χ4n) is 3.07. The molecular weight excluding hydrogens is 385 g/mol. The van der Waals surface area contributed by atoms with Crippen LogP contribution in [0.3, 0.4) is 0 Å². The van der Waals surface area contributed by atoms with Gasteiger partial charge in [0.2, 0.25) is 0 Å². The lowest BCUT2D eigenvalue weighted by Crippen LogP contribution is -2.18. The van der Waals surface area contributed by atoms with E-state index >= 15 is 0 Å². The summed E-state index contributed by atoms with van der Waals surface area (Å²) in [7, 11) is 1.55. The van der Waals surface area contributed by atoms with Crippen molar-refractivity contribution in [3.63, 3.8) is 0 Å². The van der Waals surface area contributed by atoms with Crippen LogP contribution in [0, 0.1) is 5.82 Å². The van der Waals surface area contributed by atoms with Gasteiger partial charge in [0.1, 0.15) is 17.1 Å².